The summed E-state index contributed by atoms with van der Waals surface area (Å²) in [5.41, 5.74) is 3.30. The highest BCUT2D eigenvalue weighted by Crippen LogP contribution is 2.24. The first-order chi connectivity index (χ1) is 14.6. The number of rotatable bonds is 8. The van der Waals surface area contributed by atoms with Crippen molar-refractivity contribution in [3.63, 3.8) is 0 Å². The minimum absolute atomic E-state index is 0.277. The first-order valence-electron chi connectivity index (χ1n) is 9.29. The van der Waals surface area contributed by atoms with Crippen LogP contribution in [0.5, 0.6) is 5.75 Å². The molecule has 2 aromatic heterocycles. The molecule has 0 radical (unpaired) electrons. The molecule has 0 atom stereocenters. The number of thioether (sulfide) groups is 1. The van der Waals surface area contributed by atoms with Crippen LogP contribution in [0.3, 0.4) is 0 Å². The lowest BCUT2D eigenvalue weighted by Crippen LogP contribution is -2.06. The Kier molecular flexibility index (Phi) is 5.85. The third-order valence-electron chi connectivity index (χ3n) is 4.56. The van der Waals surface area contributed by atoms with Crippen LogP contribution in [0.2, 0.25) is 0 Å². The van der Waals surface area contributed by atoms with Gasteiger partial charge in [-0.2, -0.15) is 0 Å². The summed E-state index contributed by atoms with van der Waals surface area (Å²) in [6.07, 6.45) is 1.89. The van der Waals surface area contributed by atoms with Crippen molar-refractivity contribution in [2.45, 2.75) is 17.5 Å². The molecule has 0 saturated carbocycles. The predicted molar refractivity (Wildman–Crippen MR) is 116 cm³/mol. The number of fused-ring (bicyclic) bond motifs is 1. The molecule has 0 aliphatic carbocycles. The highest BCUT2D eigenvalue weighted by atomic mass is 32.2. The monoisotopic (exact) mass is 420 g/mol. The Hall–Kier alpha value is -3.52. The molecule has 30 heavy (non-hydrogen) atoms. The molecule has 152 valence electrons. The van der Waals surface area contributed by atoms with Crippen LogP contribution in [-0.4, -0.2) is 32.8 Å². The minimum Gasteiger partial charge on any atom is -0.497 e. The number of hydrogen-bond acceptors (Lipinski definition) is 6. The van der Waals surface area contributed by atoms with Gasteiger partial charge in [0.2, 0.25) is 5.16 Å². The number of hydrogen-bond donors (Lipinski definition) is 2. The molecule has 0 saturated heterocycles. The van der Waals surface area contributed by atoms with Gasteiger partial charge in [-0.15, -0.1) is 5.10 Å². The Morgan fingerprint density at radius 1 is 1.10 bits per heavy atom. The zero-order chi connectivity index (χ0) is 20.9. The number of carboxylic acid groups (broad SMARTS) is 1. The van der Waals surface area contributed by atoms with Gasteiger partial charge in [-0.3, -0.25) is 0 Å². The standard InChI is InChI=1S/C22H20N4O3S/c1-29-18-10-6-15(7-11-18)13-23-20-19-3-2-12-26(19)25-22(24-20)30-14-16-4-8-17(9-5-16)21(27)28/h2-12H,13-14H2,1H3,(H,27,28)(H,23,24,25). The van der Waals surface area contributed by atoms with E-state index in [0.717, 1.165) is 28.2 Å². The maximum Gasteiger partial charge on any atom is 0.335 e. The SMILES string of the molecule is COc1ccc(CNc2nc(SCc3ccc(C(=O)O)cc3)nn3cccc23)cc1. The van der Waals surface area contributed by atoms with Gasteiger partial charge in [0.25, 0.3) is 0 Å². The number of ether oxygens (including phenoxy) is 1. The molecule has 4 rings (SSSR count). The van der Waals surface area contributed by atoms with Crippen LogP contribution in [0.15, 0.2) is 72.0 Å². The van der Waals surface area contributed by atoms with Crippen molar-refractivity contribution in [3.8, 4) is 5.75 Å². The second-order valence-corrected chi connectivity index (χ2v) is 7.52. The van der Waals surface area contributed by atoms with Gasteiger partial charge in [0.05, 0.1) is 12.7 Å². The summed E-state index contributed by atoms with van der Waals surface area (Å²) < 4.78 is 7.01. The molecule has 0 aliphatic rings. The molecule has 0 amide bonds. The molecule has 2 heterocycles. The Morgan fingerprint density at radius 3 is 2.53 bits per heavy atom. The summed E-state index contributed by atoms with van der Waals surface area (Å²) in [6, 6.07) is 18.6. The van der Waals surface area contributed by atoms with Gasteiger partial charge in [-0.05, 0) is 47.5 Å². The lowest BCUT2D eigenvalue weighted by Gasteiger charge is -2.10. The van der Waals surface area contributed by atoms with E-state index in [1.165, 1.54) is 11.8 Å². The van der Waals surface area contributed by atoms with E-state index in [9.17, 15) is 4.79 Å². The summed E-state index contributed by atoms with van der Waals surface area (Å²) in [6.45, 7) is 0.628. The van der Waals surface area contributed by atoms with E-state index in [1.54, 1.807) is 23.8 Å². The number of carbonyl (C=O) groups is 1. The molecule has 7 nitrogen and oxygen atoms in total. The van der Waals surface area contributed by atoms with Crippen molar-refractivity contribution in [1.82, 2.24) is 14.6 Å². The summed E-state index contributed by atoms with van der Waals surface area (Å²) in [7, 11) is 1.65. The quantitative estimate of drug-likeness (QED) is 0.410. The molecule has 0 aliphatic heterocycles. The fraction of sp³-hybridized carbons (Fsp3) is 0.136. The minimum atomic E-state index is -0.928. The van der Waals surface area contributed by atoms with Gasteiger partial charge in [-0.1, -0.05) is 36.0 Å². The average molecular weight is 420 g/mol. The van der Waals surface area contributed by atoms with Crippen LogP contribution >= 0.6 is 11.8 Å². The van der Waals surface area contributed by atoms with Gasteiger partial charge in [-0.25, -0.2) is 14.3 Å². The van der Waals surface area contributed by atoms with Crippen LogP contribution < -0.4 is 10.1 Å². The number of aromatic nitrogens is 3. The number of nitrogens with one attached hydrogen (secondary N) is 1. The first-order valence-corrected chi connectivity index (χ1v) is 10.3. The van der Waals surface area contributed by atoms with Gasteiger partial charge in [0, 0.05) is 18.5 Å². The number of aromatic carboxylic acids is 1. The number of nitrogens with zero attached hydrogens (tertiary/aromatic N) is 3. The third-order valence-corrected chi connectivity index (χ3v) is 5.47. The largest absolute Gasteiger partial charge is 0.497 e. The summed E-state index contributed by atoms with van der Waals surface area (Å²) in [5, 5.41) is 17.6. The number of carboxylic acids is 1. The fourth-order valence-electron chi connectivity index (χ4n) is 2.93. The predicted octanol–water partition coefficient (Wildman–Crippen LogP) is 4.34. The summed E-state index contributed by atoms with van der Waals surface area (Å²) in [5.74, 6) is 1.30. The van der Waals surface area contributed by atoms with E-state index in [1.807, 2.05) is 54.7 Å². The highest BCUT2D eigenvalue weighted by Gasteiger charge is 2.09. The molecule has 0 unspecified atom stereocenters. The molecule has 2 aromatic carbocycles. The maximum absolute atomic E-state index is 11.0. The molecule has 2 N–H and O–H groups in total. The first kappa shape index (κ1) is 19.8. The number of benzene rings is 2. The van der Waals surface area contributed by atoms with Crippen LogP contribution in [0, 0.1) is 0 Å². The topological polar surface area (TPSA) is 88.8 Å². The molecular formula is C22H20N4O3S. The third kappa shape index (κ3) is 4.55. The molecule has 0 bridgehead atoms. The molecular weight excluding hydrogens is 400 g/mol. The van der Waals surface area contributed by atoms with Crippen molar-refractivity contribution in [2.75, 3.05) is 12.4 Å². The average Bonchev–Trinajstić information content (AvgIpc) is 3.25. The van der Waals surface area contributed by atoms with Crippen LogP contribution in [0.1, 0.15) is 21.5 Å². The van der Waals surface area contributed by atoms with E-state index < -0.39 is 5.97 Å². The Balaban J connectivity index is 1.48. The van der Waals surface area contributed by atoms with Crippen molar-refractivity contribution >= 4 is 29.1 Å². The van der Waals surface area contributed by atoms with Gasteiger partial charge < -0.3 is 15.2 Å². The lowest BCUT2D eigenvalue weighted by atomic mass is 10.1. The molecule has 4 aromatic rings. The fourth-order valence-corrected chi connectivity index (χ4v) is 3.72. The molecule has 0 spiro atoms. The van der Waals surface area contributed by atoms with Gasteiger partial charge in [0.15, 0.2) is 5.82 Å². The second kappa shape index (κ2) is 8.87. The summed E-state index contributed by atoms with van der Waals surface area (Å²) >= 11 is 1.50. The summed E-state index contributed by atoms with van der Waals surface area (Å²) in [4.78, 5) is 15.7. The van der Waals surface area contributed by atoms with E-state index in [4.69, 9.17) is 9.84 Å². The normalized spacial score (nSPS) is 10.8. The Bertz CT molecular complexity index is 1160. The lowest BCUT2D eigenvalue weighted by molar-refractivity contribution is 0.0697. The van der Waals surface area contributed by atoms with Crippen molar-refractivity contribution in [2.24, 2.45) is 0 Å². The van der Waals surface area contributed by atoms with E-state index >= 15 is 0 Å². The number of methoxy groups -OCH3 is 1. The smallest absolute Gasteiger partial charge is 0.335 e. The second-order valence-electron chi connectivity index (χ2n) is 6.57. The highest BCUT2D eigenvalue weighted by molar-refractivity contribution is 7.98. The van der Waals surface area contributed by atoms with Gasteiger partial charge in [0.1, 0.15) is 11.3 Å². The Labute approximate surface area is 177 Å². The van der Waals surface area contributed by atoms with E-state index in [-0.39, 0.29) is 5.56 Å². The zero-order valence-corrected chi connectivity index (χ0v) is 17.1. The van der Waals surface area contributed by atoms with Crippen molar-refractivity contribution in [1.29, 1.82) is 0 Å². The van der Waals surface area contributed by atoms with Gasteiger partial charge >= 0.3 is 5.97 Å². The van der Waals surface area contributed by atoms with Crippen molar-refractivity contribution < 1.29 is 14.6 Å². The molecule has 0 fully saturated rings. The van der Waals surface area contributed by atoms with Crippen molar-refractivity contribution in [3.05, 3.63) is 83.6 Å². The zero-order valence-electron chi connectivity index (χ0n) is 16.3. The molecule has 8 heteroatoms. The number of anilines is 1. The van der Waals surface area contributed by atoms with Crippen LogP contribution in [0.4, 0.5) is 5.82 Å². The van der Waals surface area contributed by atoms with E-state index in [0.29, 0.717) is 17.5 Å². The maximum atomic E-state index is 11.0. The Morgan fingerprint density at radius 2 is 1.83 bits per heavy atom. The van der Waals surface area contributed by atoms with Crippen LogP contribution in [0.25, 0.3) is 5.52 Å². The van der Waals surface area contributed by atoms with E-state index in [2.05, 4.69) is 15.4 Å². The van der Waals surface area contributed by atoms with Crippen LogP contribution in [-0.2, 0) is 12.3 Å².